The molecule has 0 spiro atoms. The Labute approximate surface area is 268 Å². The second kappa shape index (κ2) is 13.7. The van der Waals surface area contributed by atoms with Gasteiger partial charge in [0, 0.05) is 74.5 Å². The molecule has 1 aromatic carbocycles. The van der Waals surface area contributed by atoms with Gasteiger partial charge in [-0.15, -0.1) is 0 Å². The molecule has 1 aliphatic rings. The zero-order valence-electron chi connectivity index (χ0n) is 26.5. The fraction of sp³-hybridized carbons (Fsp3) is 0.433. The first kappa shape index (κ1) is 32.6. The Bertz CT molecular complexity index is 1690. The Balaban J connectivity index is 1.42. The first-order chi connectivity index (χ1) is 21.5. The van der Waals surface area contributed by atoms with Crippen molar-refractivity contribution in [2.45, 2.75) is 40.5 Å². The number of anilines is 3. The minimum atomic E-state index is -3.76. The van der Waals surface area contributed by atoms with Crippen LogP contribution in [0.15, 0.2) is 63.9 Å². The lowest BCUT2D eigenvalue weighted by molar-refractivity contribution is 0.228. The summed E-state index contributed by atoms with van der Waals surface area (Å²) in [5.74, 6) is 2.34. The van der Waals surface area contributed by atoms with Crippen LogP contribution in [0.4, 0.5) is 17.5 Å². The van der Waals surface area contributed by atoms with Crippen molar-refractivity contribution in [1.82, 2.24) is 39.9 Å². The van der Waals surface area contributed by atoms with Crippen molar-refractivity contribution >= 4 is 39.1 Å². The molecular formula is C30H40N10O3S2. The van der Waals surface area contributed by atoms with Crippen LogP contribution < -0.4 is 15.0 Å². The summed E-state index contributed by atoms with van der Waals surface area (Å²) in [6.07, 6.45) is 4.50. The van der Waals surface area contributed by atoms with E-state index in [-0.39, 0.29) is 4.90 Å². The summed E-state index contributed by atoms with van der Waals surface area (Å²) in [4.78, 5) is 25.9. The van der Waals surface area contributed by atoms with Crippen LogP contribution in [0.5, 0.6) is 5.75 Å². The Kier molecular flexibility index (Phi) is 9.91. The zero-order chi connectivity index (χ0) is 32.2. The van der Waals surface area contributed by atoms with E-state index in [1.165, 1.54) is 30.4 Å². The summed E-state index contributed by atoms with van der Waals surface area (Å²) < 4.78 is 31.8. The van der Waals surface area contributed by atoms with Crippen molar-refractivity contribution in [3.63, 3.8) is 0 Å². The SMILES string of the molecule is COc1c(Nc2cc(C)[nH]n2)nc(Sc2ccc(S(=O)(=O)C(C)(C)c3cnccn3)cc2)nc1N1CCN(CCN(C)C)CC1. The number of nitrogens with zero attached hydrogens (tertiary/aromatic N) is 8. The van der Waals surface area contributed by atoms with Gasteiger partial charge in [0.2, 0.25) is 5.75 Å². The number of hydrogen-bond acceptors (Lipinski definition) is 13. The fourth-order valence-electron chi connectivity index (χ4n) is 4.91. The molecule has 1 aliphatic heterocycles. The number of aryl methyl sites for hydroxylation is 1. The van der Waals surface area contributed by atoms with Crippen molar-refractivity contribution in [2.24, 2.45) is 0 Å². The number of sulfone groups is 1. The predicted octanol–water partition coefficient (Wildman–Crippen LogP) is 3.59. The Morgan fingerprint density at radius 3 is 2.42 bits per heavy atom. The third-order valence-electron chi connectivity index (χ3n) is 7.71. The number of ether oxygens (including phenoxy) is 1. The Morgan fingerprint density at radius 2 is 1.82 bits per heavy atom. The quantitative estimate of drug-likeness (QED) is 0.215. The summed E-state index contributed by atoms with van der Waals surface area (Å²) in [7, 11) is 2.03. The van der Waals surface area contributed by atoms with Gasteiger partial charge in [0.1, 0.15) is 4.75 Å². The molecule has 0 bridgehead atoms. The number of benzene rings is 1. The van der Waals surface area contributed by atoms with Crippen molar-refractivity contribution in [3.05, 3.63) is 60.3 Å². The molecule has 0 saturated carbocycles. The first-order valence-corrected chi connectivity index (χ1v) is 16.9. The van der Waals surface area contributed by atoms with E-state index in [0.717, 1.165) is 49.9 Å². The third kappa shape index (κ3) is 7.38. The fourth-order valence-corrected chi connectivity index (χ4v) is 7.13. The normalized spacial score (nSPS) is 14.6. The molecular weight excluding hydrogens is 613 g/mol. The summed E-state index contributed by atoms with van der Waals surface area (Å²) >= 11 is 1.34. The van der Waals surface area contributed by atoms with Crippen LogP contribution in [0.2, 0.25) is 0 Å². The molecule has 1 fully saturated rings. The molecule has 0 atom stereocenters. The van der Waals surface area contributed by atoms with E-state index in [9.17, 15) is 8.42 Å². The van der Waals surface area contributed by atoms with Crippen LogP contribution in [0.3, 0.4) is 0 Å². The lowest BCUT2D eigenvalue weighted by Gasteiger charge is -2.36. The number of piperazine rings is 1. The lowest BCUT2D eigenvalue weighted by atomic mass is 10.1. The summed E-state index contributed by atoms with van der Waals surface area (Å²) in [6, 6.07) is 8.65. The van der Waals surface area contributed by atoms with Crippen molar-refractivity contribution in [2.75, 3.05) is 70.7 Å². The van der Waals surface area contributed by atoms with Crippen molar-refractivity contribution in [1.29, 1.82) is 0 Å². The van der Waals surface area contributed by atoms with Crippen LogP contribution in [0.25, 0.3) is 0 Å². The molecule has 1 saturated heterocycles. The maximum absolute atomic E-state index is 13.6. The van der Waals surface area contributed by atoms with Gasteiger partial charge < -0.3 is 19.9 Å². The van der Waals surface area contributed by atoms with E-state index < -0.39 is 14.6 Å². The summed E-state index contributed by atoms with van der Waals surface area (Å²) in [5.41, 5.74) is 1.29. The summed E-state index contributed by atoms with van der Waals surface area (Å²) in [5, 5.41) is 11.0. The molecule has 45 heavy (non-hydrogen) atoms. The highest BCUT2D eigenvalue weighted by atomic mass is 32.2. The largest absolute Gasteiger partial charge is 0.490 e. The molecule has 5 rings (SSSR count). The third-order valence-corrected chi connectivity index (χ3v) is 11.0. The molecule has 0 radical (unpaired) electrons. The number of aromatic amines is 1. The van der Waals surface area contributed by atoms with Crippen LogP contribution in [-0.4, -0.2) is 109 Å². The van der Waals surface area contributed by atoms with E-state index in [1.807, 2.05) is 13.0 Å². The number of hydrogen-bond donors (Lipinski definition) is 2. The number of aromatic nitrogens is 6. The molecule has 2 N–H and O–H groups in total. The molecule has 4 heterocycles. The average Bonchev–Trinajstić information content (AvgIpc) is 3.44. The standard InChI is InChI=1S/C30H40N10O3S2/c1-21-19-25(37-36-21)33-27-26(43-6)28(40-17-15-39(16-18-40)14-13-38(4)5)35-29(34-27)44-22-7-9-23(10-8-22)45(41,42)30(2,3)24-20-31-11-12-32-24/h7-12,19-20H,13-18H2,1-6H3,(H2,33,34,35,36,37). The first-order valence-electron chi connectivity index (χ1n) is 14.6. The molecule has 3 aromatic heterocycles. The average molecular weight is 653 g/mol. The van der Waals surface area contributed by atoms with Gasteiger partial charge in [0.05, 0.1) is 17.7 Å². The predicted molar refractivity (Wildman–Crippen MR) is 175 cm³/mol. The highest BCUT2D eigenvalue weighted by Gasteiger charge is 2.39. The second-order valence-corrected chi connectivity index (χ2v) is 15.1. The van der Waals surface area contributed by atoms with Gasteiger partial charge in [0.15, 0.2) is 32.4 Å². The Morgan fingerprint density at radius 1 is 1.09 bits per heavy atom. The topological polar surface area (TPSA) is 145 Å². The van der Waals surface area contributed by atoms with Gasteiger partial charge in [-0.05, 0) is 70.9 Å². The maximum Gasteiger partial charge on any atom is 0.204 e. The number of rotatable bonds is 12. The maximum atomic E-state index is 13.6. The number of methoxy groups -OCH3 is 1. The van der Waals surface area contributed by atoms with E-state index in [2.05, 4.69) is 54.3 Å². The van der Waals surface area contributed by atoms with Gasteiger partial charge in [-0.2, -0.15) is 5.10 Å². The van der Waals surface area contributed by atoms with E-state index >= 15 is 0 Å². The van der Waals surface area contributed by atoms with Crippen molar-refractivity contribution < 1.29 is 13.2 Å². The highest BCUT2D eigenvalue weighted by Crippen LogP contribution is 2.39. The molecule has 240 valence electrons. The lowest BCUT2D eigenvalue weighted by Crippen LogP contribution is -2.48. The number of nitrogens with one attached hydrogen (secondary N) is 2. The van der Waals surface area contributed by atoms with Gasteiger partial charge in [-0.25, -0.2) is 18.4 Å². The van der Waals surface area contributed by atoms with E-state index in [1.54, 1.807) is 45.2 Å². The second-order valence-electron chi connectivity index (χ2n) is 11.6. The van der Waals surface area contributed by atoms with Crippen LogP contribution >= 0.6 is 11.8 Å². The van der Waals surface area contributed by atoms with Gasteiger partial charge in [-0.1, -0.05) is 0 Å². The minimum Gasteiger partial charge on any atom is -0.490 e. The summed E-state index contributed by atoms with van der Waals surface area (Å²) in [6.45, 7) is 10.6. The van der Waals surface area contributed by atoms with Gasteiger partial charge >= 0.3 is 0 Å². The van der Waals surface area contributed by atoms with Gasteiger partial charge in [0.25, 0.3) is 0 Å². The van der Waals surface area contributed by atoms with Gasteiger partial charge in [-0.3, -0.25) is 20.0 Å². The Hall–Kier alpha value is -3.79. The van der Waals surface area contributed by atoms with Crippen LogP contribution in [-0.2, 0) is 14.6 Å². The molecule has 15 heteroatoms. The van der Waals surface area contributed by atoms with Crippen molar-refractivity contribution in [3.8, 4) is 5.75 Å². The molecule has 0 amide bonds. The molecule has 0 aliphatic carbocycles. The highest BCUT2D eigenvalue weighted by molar-refractivity contribution is 7.99. The molecule has 0 unspecified atom stereocenters. The van der Waals surface area contributed by atoms with E-state index in [4.69, 9.17) is 14.7 Å². The number of likely N-dealkylation sites (N-methyl/N-ethyl adjacent to an activating group) is 1. The van der Waals surface area contributed by atoms with Crippen LogP contribution in [0, 0.1) is 6.92 Å². The molecule has 4 aromatic rings. The van der Waals surface area contributed by atoms with Crippen LogP contribution in [0.1, 0.15) is 25.2 Å². The minimum absolute atomic E-state index is 0.197. The monoisotopic (exact) mass is 652 g/mol. The van der Waals surface area contributed by atoms with E-state index in [0.29, 0.717) is 34.1 Å². The zero-order valence-corrected chi connectivity index (χ0v) is 28.1. The molecule has 13 nitrogen and oxygen atoms in total. The number of H-pyrrole nitrogens is 1. The smallest absolute Gasteiger partial charge is 0.204 e.